The van der Waals surface area contributed by atoms with Crippen molar-refractivity contribution in [2.24, 2.45) is 7.05 Å². The molecule has 0 aliphatic heterocycles. The third-order valence-corrected chi connectivity index (χ3v) is 5.40. The van der Waals surface area contributed by atoms with E-state index in [0.29, 0.717) is 15.8 Å². The van der Waals surface area contributed by atoms with Gasteiger partial charge in [0.15, 0.2) is 5.16 Å². The van der Waals surface area contributed by atoms with Crippen LogP contribution in [0.2, 0.25) is 10.0 Å². The molecule has 2 aromatic carbocycles. The molecule has 0 aliphatic carbocycles. The van der Waals surface area contributed by atoms with Crippen molar-refractivity contribution < 1.29 is 4.79 Å². The van der Waals surface area contributed by atoms with Crippen molar-refractivity contribution in [1.29, 1.82) is 0 Å². The monoisotopic (exact) mass is 393 g/mol. The van der Waals surface area contributed by atoms with Crippen molar-refractivity contribution in [3.8, 4) is 0 Å². The number of rotatable bonds is 5. The molecular formula is C18H17Cl2N3OS. The number of thioether (sulfide) groups is 1. The number of aromatic nitrogens is 2. The summed E-state index contributed by atoms with van der Waals surface area (Å²) in [5.41, 5.74) is 2.83. The first-order valence-corrected chi connectivity index (χ1v) is 9.48. The van der Waals surface area contributed by atoms with Gasteiger partial charge in [0.2, 0.25) is 5.91 Å². The largest absolute Gasteiger partial charge is 0.349 e. The van der Waals surface area contributed by atoms with Crippen molar-refractivity contribution in [3.05, 3.63) is 58.1 Å². The van der Waals surface area contributed by atoms with E-state index in [1.54, 1.807) is 0 Å². The van der Waals surface area contributed by atoms with E-state index in [-0.39, 0.29) is 11.9 Å². The van der Waals surface area contributed by atoms with Gasteiger partial charge in [-0.2, -0.15) is 0 Å². The van der Waals surface area contributed by atoms with Crippen LogP contribution in [-0.2, 0) is 11.8 Å². The molecular weight excluding hydrogens is 377 g/mol. The Labute approximate surface area is 160 Å². The number of carbonyl (C=O) groups is 1. The second kappa shape index (κ2) is 7.68. The van der Waals surface area contributed by atoms with E-state index in [9.17, 15) is 4.79 Å². The van der Waals surface area contributed by atoms with Crippen LogP contribution >= 0.6 is 35.0 Å². The molecule has 0 radical (unpaired) electrons. The van der Waals surface area contributed by atoms with Gasteiger partial charge in [-0.1, -0.05) is 47.1 Å². The number of nitrogens with one attached hydrogen (secondary N) is 1. The summed E-state index contributed by atoms with van der Waals surface area (Å²) in [7, 11) is 1.93. The minimum Gasteiger partial charge on any atom is -0.349 e. The van der Waals surface area contributed by atoms with Crippen molar-refractivity contribution in [2.45, 2.75) is 18.1 Å². The standard InChI is InChI=1S/C18H17Cl2N3OS/c1-11(12-3-5-13(19)6-4-12)21-17(24)10-25-18-22-15-9-14(20)7-8-16(15)23(18)2/h3-9,11H,10H2,1-2H3,(H,21,24). The lowest BCUT2D eigenvalue weighted by molar-refractivity contribution is -0.119. The summed E-state index contributed by atoms with van der Waals surface area (Å²) in [4.78, 5) is 16.8. The molecule has 7 heteroatoms. The average molecular weight is 394 g/mol. The summed E-state index contributed by atoms with van der Waals surface area (Å²) in [6.45, 7) is 1.95. The Morgan fingerprint density at radius 2 is 1.88 bits per heavy atom. The molecule has 1 unspecified atom stereocenters. The highest BCUT2D eigenvalue weighted by Gasteiger charge is 2.13. The van der Waals surface area contributed by atoms with E-state index >= 15 is 0 Å². The second-order valence-electron chi connectivity index (χ2n) is 5.72. The predicted molar refractivity (Wildman–Crippen MR) is 104 cm³/mol. The molecule has 3 aromatic rings. The topological polar surface area (TPSA) is 46.9 Å². The number of aryl methyl sites for hydroxylation is 1. The molecule has 0 saturated carbocycles. The number of amides is 1. The number of hydrogen-bond acceptors (Lipinski definition) is 3. The van der Waals surface area contributed by atoms with Gasteiger partial charge in [0, 0.05) is 17.1 Å². The van der Waals surface area contributed by atoms with Crippen LogP contribution in [0.3, 0.4) is 0 Å². The van der Waals surface area contributed by atoms with E-state index < -0.39 is 0 Å². The summed E-state index contributed by atoms with van der Waals surface area (Å²) in [6.07, 6.45) is 0. The quantitative estimate of drug-likeness (QED) is 0.630. The molecule has 1 atom stereocenters. The minimum absolute atomic E-state index is 0.0439. The summed E-state index contributed by atoms with van der Waals surface area (Å²) in [5, 5.41) is 5.10. The lowest BCUT2D eigenvalue weighted by atomic mass is 10.1. The Hall–Kier alpha value is -1.69. The number of imidazole rings is 1. The van der Waals surface area contributed by atoms with Crippen molar-refractivity contribution in [2.75, 3.05) is 5.75 Å². The molecule has 0 spiro atoms. The molecule has 0 bridgehead atoms. The van der Waals surface area contributed by atoms with Crippen molar-refractivity contribution in [3.63, 3.8) is 0 Å². The Bertz CT molecular complexity index is 909. The first-order chi connectivity index (χ1) is 11.9. The smallest absolute Gasteiger partial charge is 0.230 e. The predicted octanol–water partition coefficient (Wildman–Crippen LogP) is 4.85. The summed E-state index contributed by atoms with van der Waals surface area (Å²) in [5.74, 6) is 0.251. The van der Waals surface area contributed by atoms with Crippen molar-refractivity contribution >= 4 is 51.9 Å². The van der Waals surface area contributed by atoms with Crippen LogP contribution in [0.4, 0.5) is 0 Å². The third kappa shape index (κ3) is 4.29. The summed E-state index contributed by atoms with van der Waals surface area (Å²) < 4.78 is 1.96. The van der Waals surface area contributed by atoms with E-state index in [2.05, 4.69) is 10.3 Å². The Kier molecular flexibility index (Phi) is 5.57. The fraction of sp³-hybridized carbons (Fsp3) is 0.222. The van der Waals surface area contributed by atoms with Gasteiger partial charge in [0.25, 0.3) is 0 Å². The minimum atomic E-state index is -0.0791. The number of hydrogen-bond donors (Lipinski definition) is 1. The fourth-order valence-corrected chi connectivity index (χ4v) is 3.62. The number of carbonyl (C=O) groups excluding carboxylic acids is 1. The van der Waals surface area contributed by atoms with Crippen LogP contribution in [0.25, 0.3) is 11.0 Å². The van der Waals surface area contributed by atoms with Crippen LogP contribution < -0.4 is 5.32 Å². The highest BCUT2D eigenvalue weighted by molar-refractivity contribution is 7.99. The van der Waals surface area contributed by atoms with Gasteiger partial charge in [0.1, 0.15) is 0 Å². The zero-order valence-electron chi connectivity index (χ0n) is 13.8. The van der Waals surface area contributed by atoms with Gasteiger partial charge in [-0.15, -0.1) is 0 Å². The molecule has 0 saturated heterocycles. The molecule has 4 nitrogen and oxygen atoms in total. The molecule has 0 fully saturated rings. The highest BCUT2D eigenvalue weighted by atomic mass is 35.5. The zero-order chi connectivity index (χ0) is 18.0. The van der Waals surface area contributed by atoms with Crippen LogP contribution in [0.1, 0.15) is 18.5 Å². The molecule has 1 aromatic heterocycles. The van der Waals surface area contributed by atoms with Gasteiger partial charge >= 0.3 is 0 Å². The van der Waals surface area contributed by atoms with Gasteiger partial charge in [0.05, 0.1) is 22.8 Å². The van der Waals surface area contributed by atoms with Crippen LogP contribution in [-0.4, -0.2) is 21.2 Å². The summed E-state index contributed by atoms with van der Waals surface area (Å²) >= 11 is 13.3. The maximum atomic E-state index is 12.2. The fourth-order valence-electron chi connectivity index (χ4n) is 2.53. The number of nitrogens with zero attached hydrogens (tertiary/aromatic N) is 2. The number of benzene rings is 2. The summed E-state index contributed by atoms with van der Waals surface area (Å²) in [6, 6.07) is 13.0. The van der Waals surface area contributed by atoms with Crippen LogP contribution in [0, 0.1) is 0 Å². The Balaban J connectivity index is 1.62. The first kappa shape index (κ1) is 18.1. The lowest BCUT2D eigenvalue weighted by Gasteiger charge is -2.14. The number of fused-ring (bicyclic) bond motifs is 1. The van der Waals surface area contributed by atoms with Gasteiger partial charge < -0.3 is 9.88 Å². The highest BCUT2D eigenvalue weighted by Crippen LogP contribution is 2.25. The maximum absolute atomic E-state index is 12.2. The van der Waals surface area contributed by atoms with E-state index in [0.717, 1.165) is 21.8 Å². The Morgan fingerprint density at radius 3 is 2.60 bits per heavy atom. The van der Waals surface area contributed by atoms with E-state index in [1.807, 2.05) is 61.0 Å². The molecule has 0 aliphatic rings. The first-order valence-electron chi connectivity index (χ1n) is 7.73. The number of halogens is 2. The Morgan fingerprint density at radius 1 is 1.20 bits per heavy atom. The molecule has 130 valence electrons. The second-order valence-corrected chi connectivity index (χ2v) is 7.53. The lowest BCUT2D eigenvalue weighted by Crippen LogP contribution is -2.28. The SMILES string of the molecule is CC(NC(=O)CSc1nc2cc(Cl)ccc2n1C)c1ccc(Cl)cc1. The molecule has 1 N–H and O–H groups in total. The van der Waals surface area contributed by atoms with Crippen LogP contribution in [0.15, 0.2) is 47.6 Å². The van der Waals surface area contributed by atoms with Crippen molar-refractivity contribution in [1.82, 2.24) is 14.9 Å². The normalized spacial score (nSPS) is 12.3. The molecule has 1 heterocycles. The van der Waals surface area contributed by atoms with Gasteiger partial charge in [-0.25, -0.2) is 4.98 Å². The van der Waals surface area contributed by atoms with E-state index in [1.165, 1.54) is 11.8 Å². The molecule has 25 heavy (non-hydrogen) atoms. The average Bonchev–Trinajstić information content (AvgIpc) is 2.88. The maximum Gasteiger partial charge on any atom is 0.230 e. The molecule has 3 rings (SSSR count). The van der Waals surface area contributed by atoms with Gasteiger partial charge in [-0.3, -0.25) is 4.79 Å². The van der Waals surface area contributed by atoms with Gasteiger partial charge in [-0.05, 0) is 42.8 Å². The third-order valence-electron chi connectivity index (χ3n) is 3.88. The van der Waals surface area contributed by atoms with Crippen LogP contribution in [0.5, 0.6) is 0 Å². The zero-order valence-corrected chi connectivity index (χ0v) is 16.1. The molecule has 1 amide bonds. The van der Waals surface area contributed by atoms with E-state index in [4.69, 9.17) is 23.2 Å².